The summed E-state index contributed by atoms with van der Waals surface area (Å²) in [5, 5.41) is 3.30. The number of nitrogens with zero attached hydrogens (tertiary/aromatic N) is 1. The predicted molar refractivity (Wildman–Crippen MR) is 61.9 cm³/mol. The Bertz CT molecular complexity index is 566. The summed E-state index contributed by atoms with van der Waals surface area (Å²) in [4.78, 5) is 11.3. The van der Waals surface area contributed by atoms with E-state index in [2.05, 4.69) is 14.4 Å². The van der Waals surface area contributed by atoms with Crippen molar-refractivity contribution in [3.05, 3.63) is 53.4 Å². The maximum atomic E-state index is 14.1. The quantitative estimate of drug-likeness (QED) is 0.799. The van der Waals surface area contributed by atoms with Crippen molar-refractivity contribution in [2.24, 2.45) is 0 Å². The first-order valence-corrected chi connectivity index (χ1v) is 5.63. The number of alkyl halides is 2. The Kier molecular flexibility index (Phi) is 3.59. The van der Waals surface area contributed by atoms with Crippen molar-refractivity contribution in [2.45, 2.75) is 12.8 Å². The van der Waals surface area contributed by atoms with Gasteiger partial charge in [0.25, 0.3) is 0 Å². The monoisotopic (exact) mass is 267 g/mol. The van der Waals surface area contributed by atoms with E-state index in [4.69, 9.17) is 0 Å². The van der Waals surface area contributed by atoms with E-state index >= 15 is 0 Å². The van der Waals surface area contributed by atoms with Crippen LogP contribution in [0.25, 0.3) is 0 Å². The van der Waals surface area contributed by atoms with Crippen molar-refractivity contribution < 1.29 is 22.8 Å². The normalized spacial score (nSPS) is 11.3. The van der Waals surface area contributed by atoms with Crippen LogP contribution < -0.4 is 0 Å². The molecule has 1 aromatic carbocycles. The van der Waals surface area contributed by atoms with E-state index in [1.165, 1.54) is 24.3 Å². The molecule has 1 heterocycles. The molecule has 19 heavy (non-hydrogen) atoms. The zero-order chi connectivity index (χ0) is 13.9. The molecule has 0 saturated carbocycles. The van der Waals surface area contributed by atoms with Gasteiger partial charge in [0.15, 0.2) is 5.69 Å². The molecule has 0 radical (unpaired) electrons. The summed E-state index contributed by atoms with van der Waals surface area (Å²) in [5.41, 5.74) is -0.506. The van der Waals surface area contributed by atoms with Crippen LogP contribution in [0.2, 0.25) is 0 Å². The first kappa shape index (κ1) is 13.2. The minimum absolute atomic E-state index is 0.135. The number of carbonyl (C=O) groups excluding carboxylic acids is 1. The van der Waals surface area contributed by atoms with Gasteiger partial charge >= 0.3 is 11.9 Å². The standard InChI is InChI=1S/C13H11F2NO3/c1-2-18-12(17)10-8-11(19-16-10)13(14,15)9-6-4-3-5-7-9/h3-8H,2H2,1H3. The Balaban J connectivity index is 2.29. The molecule has 4 nitrogen and oxygen atoms in total. The minimum atomic E-state index is -3.35. The molecular weight excluding hydrogens is 256 g/mol. The topological polar surface area (TPSA) is 52.3 Å². The molecule has 0 bridgehead atoms. The summed E-state index contributed by atoms with van der Waals surface area (Å²) in [6.07, 6.45) is 0. The van der Waals surface area contributed by atoms with Crippen LogP contribution in [-0.4, -0.2) is 17.7 Å². The lowest BCUT2D eigenvalue weighted by Gasteiger charge is -2.12. The maximum absolute atomic E-state index is 14.1. The second kappa shape index (κ2) is 5.17. The lowest BCUT2D eigenvalue weighted by Crippen LogP contribution is -2.14. The average Bonchev–Trinajstić information content (AvgIpc) is 2.90. The van der Waals surface area contributed by atoms with Gasteiger partial charge < -0.3 is 9.26 Å². The Morgan fingerprint density at radius 1 is 1.37 bits per heavy atom. The third kappa shape index (κ3) is 2.62. The fourth-order valence-corrected chi connectivity index (χ4v) is 1.51. The van der Waals surface area contributed by atoms with Gasteiger partial charge in [0.2, 0.25) is 5.76 Å². The summed E-state index contributed by atoms with van der Waals surface area (Å²) in [5.74, 6) is -4.83. The largest absolute Gasteiger partial charge is 0.461 e. The predicted octanol–water partition coefficient (Wildman–Crippen LogP) is 2.99. The molecule has 0 amide bonds. The van der Waals surface area contributed by atoms with Crippen LogP contribution in [0.4, 0.5) is 8.78 Å². The molecule has 0 atom stereocenters. The minimum Gasteiger partial charge on any atom is -0.461 e. The number of esters is 1. The highest BCUT2D eigenvalue weighted by Gasteiger charge is 2.39. The molecule has 0 aliphatic heterocycles. The average molecular weight is 267 g/mol. The van der Waals surface area contributed by atoms with Crippen molar-refractivity contribution in [1.82, 2.24) is 5.16 Å². The molecule has 0 spiro atoms. The number of hydrogen-bond acceptors (Lipinski definition) is 4. The number of halogens is 2. The maximum Gasteiger partial charge on any atom is 0.360 e. The van der Waals surface area contributed by atoms with Gasteiger partial charge in [0.05, 0.1) is 6.61 Å². The summed E-state index contributed by atoms with van der Waals surface area (Å²) in [7, 11) is 0. The number of ether oxygens (including phenoxy) is 1. The number of aromatic nitrogens is 1. The highest BCUT2D eigenvalue weighted by atomic mass is 19.3. The molecule has 2 aromatic rings. The third-order valence-corrected chi connectivity index (χ3v) is 2.44. The van der Waals surface area contributed by atoms with E-state index in [9.17, 15) is 13.6 Å². The fraction of sp³-hybridized carbons (Fsp3) is 0.231. The Hall–Kier alpha value is -2.24. The van der Waals surface area contributed by atoms with Gasteiger partial charge in [0.1, 0.15) is 0 Å². The van der Waals surface area contributed by atoms with Crippen molar-refractivity contribution in [3.8, 4) is 0 Å². The van der Waals surface area contributed by atoms with Gasteiger partial charge in [-0.1, -0.05) is 35.5 Å². The molecule has 0 fully saturated rings. The number of carbonyl (C=O) groups is 1. The van der Waals surface area contributed by atoms with Gasteiger partial charge in [-0.15, -0.1) is 0 Å². The fourth-order valence-electron chi connectivity index (χ4n) is 1.51. The smallest absolute Gasteiger partial charge is 0.360 e. The van der Waals surface area contributed by atoms with Gasteiger partial charge in [0, 0.05) is 11.6 Å². The van der Waals surface area contributed by atoms with Gasteiger partial charge in [-0.25, -0.2) is 4.79 Å². The SMILES string of the molecule is CCOC(=O)c1cc(C(F)(F)c2ccccc2)on1. The van der Waals surface area contributed by atoms with Crippen LogP contribution in [0.15, 0.2) is 40.9 Å². The third-order valence-electron chi connectivity index (χ3n) is 2.44. The van der Waals surface area contributed by atoms with E-state index in [0.717, 1.165) is 6.07 Å². The van der Waals surface area contributed by atoms with Crippen LogP contribution in [-0.2, 0) is 10.7 Å². The first-order chi connectivity index (χ1) is 9.05. The highest BCUT2D eigenvalue weighted by Crippen LogP contribution is 2.35. The number of benzene rings is 1. The molecule has 1 aromatic heterocycles. The molecule has 0 N–H and O–H groups in total. The van der Waals surface area contributed by atoms with E-state index < -0.39 is 17.7 Å². The van der Waals surface area contributed by atoms with Crippen LogP contribution in [0.1, 0.15) is 28.7 Å². The Morgan fingerprint density at radius 3 is 2.68 bits per heavy atom. The van der Waals surface area contributed by atoms with Crippen LogP contribution in [0.3, 0.4) is 0 Å². The molecule has 2 rings (SSSR count). The molecule has 6 heteroatoms. The van der Waals surface area contributed by atoms with Gasteiger partial charge in [-0.3, -0.25) is 0 Å². The summed E-state index contributed by atoms with van der Waals surface area (Å²) < 4.78 is 37.3. The van der Waals surface area contributed by atoms with Crippen LogP contribution in [0.5, 0.6) is 0 Å². The van der Waals surface area contributed by atoms with Crippen LogP contribution in [0, 0.1) is 0 Å². The Morgan fingerprint density at radius 2 is 2.05 bits per heavy atom. The van der Waals surface area contributed by atoms with Crippen molar-refractivity contribution in [1.29, 1.82) is 0 Å². The van der Waals surface area contributed by atoms with Crippen LogP contribution >= 0.6 is 0 Å². The lowest BCUT2D eigenvalue weighted by molar-refractivity contribution is 0.0129. The summed E-state index contributed by atoms with van der Waals surface area (Å²) >= 11 is 0. The molecule has 0 unspecified atom stereocenters. The highest BCUT2D eigenvalue weighted by molar-refractivity contribution is 5.87. The van der Waals surface area contributed by atoms with E-state index in [0.29, 0.717) is 0 Å². The second-order valence-electron chi connectivity index (χ2n) is 3.74. The number of hydrogen-bond donors (Lipinski definition) is 0. The molecule has 0 saturated heterocycles. The Labute approximate surface area is 108 Å². The lowest BCUT2D eigenvalue weighted by atomic mass is 10.1. The molecule has 100 valence electrons. The summed E-state index contributed by atoms with van der Waals surface area (Å²) in [6, 6.07) is 8.05. The zero-order valence-electron chi connectivity index (χ0n) is 10.1. The molecule has 0 aliphatic carbocycles. The van der Waals surface area contributed by atoms with Crippen molar-refractivity contribution in [2.75, 3.05) is 6.61 Å². The van der Waals surface area contributed by atoms with Crippen molar-refractivity contribution >= 4 is 5.97 Å². The van der Waals surface area contributed by atoms with Gasteiger partial charge in [-0.05, 0) is 6.92 Å². The second-order valence-corrected chi connectivity index (χ2v) is 3.74. The van der Waals surface area contributed by atoms with Gasteiger partial charge in [-0.2, -0.15) is 8.78 Å². The zero-order valence-corrected chi connectivity index (χ0v) is 10.1. The van der Waals surface area contributed by atoms with E-state index in [1.807, 2.05) is 0 Å². The summed E-state index contributed by atoms with van der Waals surface area (Å²) in [6.45, 7) is 1.74. The van der Waals surface area contributed by atoms with E-state index in [-0.39, 0.29) is 17.9 Å². The van der Waals surface area contributed by atoms with Crippen molar-refractivity contribution in [3.63, 3.8) is 0 Å². The number of rotatable bonds is 4. The van der Waals surface area contributed by atoms with E-state index in [1.54, 1.807) is 13.0 Å². The molecular formula is C13H11F2NO3. The molecule has 0 aliphatic rings. The first-order valence-electron chi connectivity index (χ1n) is 5.63.